The van der Waals surface area contributed by atoms with Crippen LogP contribution in [0.2, 0.25) is 0 Å². The number of benzene rings is 3. The third kappa shape index (κ3) is 6.96. The molecule has 1 heterocycles. The first kappa shape index (κ1) is 26.8. The number of hydrogen-bond acceptors (Lipinski definition) is 5. The van der Waals surface area contributed by atoms with E-state index in [1.807, 2.05) is 78.9 Å². The Morgan fingerprint density at radius 3 is 2.11 bits per heavy atom. The molecule has 9 nitrogen and oxygen atoms in total. The van der Waals surface area contributed by atoms with Crippen molar-refractivity contribution >= 4 is 23.6 Å². The van der Waals surface area contributed by atoms with E-state index in [-0.39, 0.29) is 12.7 Å². The van der Waals surface area contributed by atoms with Crippen molar-refractivity contribution in [2.24, 2.45) is 5.73 Å². The Balaban J connectivity index is 1.53. The molecule has 0 spiro atoms. The number of amides is 3. The van der Waals surface area contributed by atoms with E-state index in [0.717, 1.165) is 16.7 Å². The molecule has 0 aliphatic carbocycles. The van der Waals surface area contributed by atoms with Crippen LogP contribution in [0.3, 0.4) is 0 Å². The average molecular weight is 517 g/mol. The van der Waals surface area contributed by atoms with E-state index >= 15 is 0 Å². The summed E-state index contributed by atoms with van der Waals surface area (Å²) in [6.45, 7) is 0.726. The number of carbonyl (C=O) groups excluding carboxylic acids is 2. The van der Waals surface area contributed by atoms with Crippen LogP contribution in [-0.2, 0) is 20.7 Å². The second-order valence-electron chi connectivity index (χ2n) is 9.23. The Morgan fingerprint density at radius 1 is 0.947 bits per heavy atom. The highest BCUT2D eigenvalue weighted by molar-refractivity contribution is 5.98. The van der Waals surface area contributed by atoms with Crippen LogP contribution in [0, 0.1) is 0 Å². The lowest BCUT2D eigenvalue weighted by Gasteiger charge is -2.29. The first-order chi connectivity index (χ1) is 18.4. The van der Waals surface area contributed by atoms with Crippen LogP contribution in [0.4, 0.5) is 10.5 Å². The summed E-state index contributed by atoms with van der Waals surface area (Å²) in [7, 11) is 0. The van der Waals surface area contributed by atoms with Crippen molar-refractivity contribution in [2.45, 2.75) is 36.9 Å². The van der Waals surface area contributed by atoms with E-state index in [9.17, 15) is 19.5 Å². The molecule has 0 unspecified atom stereocenters. The maximum atomic E-state index is 13.7. The van der Waals surface area contributed by atoms with Gasteiger partial charge in [0, 0.05) is 18.2 Å². The molecular formula is C29H32N4O5. The molecule has 1 saturated heterocycles. The average Bonchev–Trinajstić information content (AvgIpc) is 2.93. The second-order valence-corrected chi connectivity index (χ2v) is 9.23. The zero-order chi connectivity index (χ0) is 26.9. The zero-order valence-electron chi connectivity index (χ0n) is 20.9. The molecule has 0 bridgehead atoms. The fourth-order valence-corrected chi connectivity index (χ4v) is 4.71. The number of ether oxygens (including phenoxy) is 1. The third-order valence-corrected chi connectivity index (χ3v) is 6.66. The maximum absolute atomic E-state index is 13.7. The van der Waals surface area contributed by atoms with Gasteiger partial charge in [-0.1, -0.05) is 78.9 Å². The summed E-state index contributed by atoms with van der Waals surface area (Å²) < 4.78 is 5.78. The van der Waals surface area contributed by atoms with Crippen LogP contribution in [0.1, 0.15) is 29.0 Å². The summed E-state index contributed by atoms with van der Waals surface area (Å²) in [5, 5.41) is 18.1. The monoisotopic (exact) mass is 516 g/mol. The van der Waals surface area contributed by atoms with Crippen molar-refractivity contribution in [3.8, 4) is 0 Å². The Hall–Kier alpha value is -4.21. The largest absolute Gasteiger partial charge is 0.465 e. The molecule has 198 valence electrons. The van der Waals surface area contributed by atoms with Crippen LogP contribution >= 0.6 is 0 Å². The number of anilines is 1. The minimum atomic E-state index is -1.29. The molecule has 0 saturated carbocycles. The summed E-state index contributed by atoms with van der Waals surface area (Å²) in [5.41, 5.74) is 8.46. The Bertz CT molecular complexity index is 1190. The molecule has 3 aromatic rings. The number of morpholine rings is 1. The van der Waals surface area contributed by atoms with Crippen LogP contribution < -0.4 is 21.7 Å². The number of primary amides is 1. The zero-order valence-corrected chi connectivity index (χ0v) is 20.9. The van der Waals surface area contributed by atoms with Gasteiger partial charge in [0.25, 0.3) is 0 Å². The molecule has 0 aromatic heterocycles. The lowest BCUT2D eigenvalue weighted by atomic mass is 9.84. The summed E-state index contributed by atoms with van der Waals surface area (Å²) in [6.07, 6.45) is -0.108. The summed E-state index contributed by atoms with van der Waals surface area (Å²) in [6, 6.07) is 24.6. The van der Waals surface area contributed by atoms with Crippen LogP contribution in [0.5, 0.6) is 0 Å². The normalized spacial score (nSPS) is 17.9. The van der Waals surface area contributed by atoms with E-state index in [4.69, 9.17) is 10.5 Å². The molecule has 1 aliphatic rings. The van der Waals surface area contributed by atoms with E-state index in [0.29, 0.717) is 25.1 Å². The Labute approximate surface area is 221 Å². The van der Waals surface area contributed by atoms with E-state index < -0.39 is 35.9 Å². The smallest absolute Gasteiger partial charge is 0.405 e. The maximum Gasteiger partial charge on any atom is 0.405 e. The van der Waals surface area contributed by atoms with Crippen molar-refractivity contribution in [1.82, 2.24) is 10.6 Å². The van der Waals surface area contributed by atoms with Gasteiger partial charge in [-0.25, -0.2) is 4.79 Å². The summed E-state index contributed by atoms with van der Waals surface area (Å²) in [5.74, 6) is -1.44. The molecule has 3 atom stereocenters. The lowest BCUT2D eigenvalue weighted by Crippen LogP contribution is -2.52. The first-order valence-electron chi connectivity index (χ1n) is 12.5. The van der Waals surface area contributed by atoms with E-state index in [1.165, 1.54) is 0 Å². The highest BCUT2D eigenvalue weighted by Crippen LogP contribution is 2.29. The number of carbonyl (C=O) groups is 3. The van der Waals surface area contributed by atoms with Gasteiger partial charge in [0.05, 0.1) is 12.7 Å². The Kier molecular flexibility index (Phi) is 9.07. The molecule has 1 aliphatic heterocycles. The van der Waals surface area contributed by atoms with Gasteiger partial charge in [0.1, 0.15) is 12.1 Å². The highest BCUT2D eigenvalue weighted by atomic mass is 16.5. The van der Waals surface area contributed by atoms with Gasteiger partial charge in [0.2, 0.25) is 11.8 Å². The lowest BCUT2D eigenvalue weighted by molar-refractivity contribution is -0.124. The SMILES string of the molecule is NC(=O)[C@H]1CO[C@H](CCc2ccccc2NC(=O)[C@@H](NC(=O)O)C(c2ccccc2)c2ccccc2)CN1. The first-order valence-corrected chi connectivity index (χ1v) is 12.5. The van der Waals surface area contributed by atoms with Crippen LogP contribution in [0.25, 0.3) is 0 Å². The van der Waals surface area contributed by atoms with Gasteiger partial charge < -0.3 is 31.5 Å². The standard InChI is InChI=1S/C29H32N4O5/c30-27(34)24-18-38-22(17-31-24)16-15-19-9-7-8-14-23(19)32-28(35)26(33-29(36)37)25(20-10-3-1-4-11-20)21-12-5-2-6-13-21/h1-14,22,24-26,31,33H,15-18H2,(H2,30,34)(H,32,35)(H,36,37)/t22-,24-,26+/m1/s1. The van der Waals surface area contributed by atoms with Gasteiger partial charge in [-0.05, 0) is 35.6 Å². The van der Waals surface area contributed by atoms with Crippen molar-refractivity contribution in [1.29, 1.82) is 0 Å². The summed E-state index contributed by atoms with van der Waals surface area (Å²) in [4.78, 5) is 36.8. The number of nitrogens with one attached hydrogen (secondary N) is 3. The predicted molar refractivity (Wildman–Crippen MR) is 144 cm³/mol. The molecule has 9 heteroatoms. The van der Waals surface area contributed by atoms with E-state index in [2.05, 4.69) is 16.0 Å². The molecule has 0 radical (unpaired) electrons. The number of hydrogen-bond donors (Lipinski definition) is 5. The fraction of sp³-hybridized carbons (Fsp3) is 0.276. The van der Waals surface area contributed by atoms with Crippen molar-refractivity contribution < 1.29 is 24.2 Å². The van der Waals surface area contributed by atoms with E-state index in [1.54, 1.807) is 6.07 Å². The van der Waals surface area contributed by atoms with Gasteiger partial charge in [0.15, 0.2) is 0 Å². The van der Waals surface area contributed by atoms with Gasteiger partial charge >= 0.3 is 6.09 Å². The predicted octanol–water partition coefficient (Wildman–Crippen LogP) is 2.87. The quantitative estimate of drug-likeness (QED) is 0.280. The van der Waals surface area contributed by atoms with Gasteiger partial charge in [-0.3, -0.25) is 9.59 Å². The topological polar surface area (TPSA) is 143 Å². The fourth-order valence-electron chi connectivity index (χ4n) is 4.71. The molecular weight excluding hydrogens is 484 g/mol. The van der Waals surface area contributed by atoms with Crippen LogP contribution in [-0.4, -0.2) is 54.4 Å². The third-order valence-electron chi connectivity index (χ3n) is 6.66. The van der Waals surface area contributed by atoms with Gasteiger partial charge in [-0.2, -0.15) is 0 Å². The van der Waals surface area contributed by atoms with Crippen LogP contribution in [0.15, 0.2) is 84.9 Å². The number of carboxylic acid groups (broad SMARTS) is 1. The second kappa shape index (κ2) is 12.8. The number of para-hydroxylation sites is 1. The molecule has 1 fully saturated rings. The Morgan fingerprint density at radius 2 is 1.55 bits per heavy atom. The van der Waals surface area contributed by atoms with Crippen molar-refractivity contribution in [3.05, 3.63) is 102 Å². The highest BCUT2D eigenvalue weighted by Gasteiger charge is 2.33. The molecule has 6 N–H and O–H groups in total. The minimum Gasteiger partial charge on any atom is -0.465 e. The minimum absolute atomic E-state index is 0.101. The number of nitrogens with two attached hydrogens (primary N) is 1. The molecule has 3 amide bonds. The summed E-state index contributed by atoms with van der Waals surface area (Å²) >= 11 is 0. The molecule has 38 heavy (non-hydrogen) atoms. The molecule has 4 rings (SSSR count). The van der Waals surface area contributed by atoms with Crippen molar-refractivity contribution in [2.75, 3.05) is 18.5 Å². The number of aryl methyl sites for hydroxylation is 1. The van der Waals surface area contributed by atoms with Gasteiger partial charge in [-0.15, -0.1) is 0 Å². The van der Waals surface area contributed by atoms with Crippen molar-refractivity contribution in [3.63, 3.8) is 0 Å². The number of rotatable bonds is 10. The molecule has 3 aromatic carbocycles.